The molecule has 2 heterocycles. The molecule has 4 aromatic rings. The van der Waals surface area contributed by atoms with Crippen LogP contribution >= 0.6 is 0 Å². The Kier molecular flexibility index (Phi) is 5.20. The molecule has 0 spiro atoms. The van der Waals surface area contributed by atoms with Crippen molar-refractivity contribution in [2.45, 2.75) is 19.8 Å². The Morgan fingerprint density at radius 3 is 2.68 bits per heavy atom. The quantitative estimate of drug-likeness (QED) is 0.475. The van der Waals surface area contributed by atoms with Crippen molar-refractivity contribution in [3.63, 3.8) is 0 Å². The van der Waals surface area contributed by atoms with Gasteiger partial charge in [-0.25, -0.2) is 0 Å². The zero-order chi connectivity index (χ0) is 19.3. The van der Waals surface area contributed by atoms with Crippen molar-refractivity contribution >= 4 is 16.8 Å². The van der Waals surface area contributed by atoms with Gasteiger partial charge in [-0.15, -0.1) is 0 Å². The Balaban J connectivity index is 1.31. The maximum absolute atomic E-state index is 12.2. The first-order valence-electron chi connectivity index (χ1n) is 9.57. The van der Waals surface area contributed by atoms with Gasteiger partial charge in [0.2, 0.25) is 0 Å². The summed E-state index contributed by atoms with van der Waals surface area (Å²) in [7, 11) is 0. The number of fused-ring (bicyclic) bond motifs is 1. The van der Waals surface area contributed by atoms with E-state index in [0.29, 0.717) is 12.1 Å². The van der Waals surface area contributed by atoms with E-state index in [4.69, 9.17) is 0 Å². The van der Waals surface area contributed by atoms with Crippen molar-refractivity contribution in [3.8, 4) is 11.1 Å². The number of carbonyl (C=O) groups excluding carboxylic acids is 1. The molecule has 2 aromatic carbocycles. The molecule has 0 saturated heterocycles. The Hall–Kier alpha value is -3.40. The SMILES string of the molecule is Cc1ncccc1C(=O)NCCCc1ccc(-c2ccc3[nH]ccc3c2)cc1. The summed E-state index contributed by atoms with van der Waals surface area (Å²) in [5, 5.41) is 4.20. The first-order chi connectivity index (χ1) is 13.7. The summed E-state index contributed by atoms with van der Waals surface area (Å²) in [6.45, 7) is 2.50. The van der Waals surface area contributed by atoms with E-state index in [2.05, 4.69) is 63.8 Å². The molecule has 0 aliphatic rings. The van der Waals surface area contributed by atoms with Crippen LogP contribution in [-0.4, -0.2) is 22.4 Å². The lowest BCUT2D eigenvalue weighted by atomic mass is 10.0. The second kappa shape index (κ2) is 8.09. The van der Waals surface area contributed by atoms with Crippen molar-refractivity contribution < 1.29 is 4.79 Å². The van der Waals surface area contributed by atoms with Gasteiger partial charge in [0, 0.05) is 30.1 Å². The first kappa shape index (κ1) is 18.0. The molecule has 0 aliphatic carbocycles. The second-order valence-electron chi connectivity index (χ2n) is 6.97. The fourth-order valence-electron chi connectivity index (χ4n) is 3.41. The normalized spacial score (nSPS) is 10.9. The number of nitrogens with one attached hydrogen (secondary N) is 2. The summed E-state index contributed by atoms with van der Waals surface area (Å²) in [4.78, 5) is 19.6. The zero-order valence-corrected chi connectivity index (χ0v) is 15.9. The number of rotatable bonds is 6. The van der Waals surface area contributed by atoms with Crippen LogP contribution in [-0.2, 0) is 6.42 Å². The van der Waals surface area contributed by atoms with Crippen LogP contribution in [0.25, 0.3) is 22.0 Å². The predicted octanol–water partition coefficient (Wildman–Crippen LogP) is 4.90. The highest BCUT2D eigenvalue weighted by Gasteiger charge is 2.08. The van der Waals surface area contributed by atoms with Crippen LogP contribution in [0.15, 0.2) is 73.1 Å². The Labute approximate surface area is 164 Å². The van der Waals surface area contributed by atoms with Crippen LogP contribution in [0, 0.1) is 6.92 Å². The van der Waals surface area contributed by atoms with Gasteiger partial charge < -0.3 is 10.3 Å². The Bertz CT molecular complexity index is 1100. The largest absolute Gasteiger partial charge is 0.361 e. The van der Waals surface area contributed by atoms with Crippen LogP contribution in [0.4, 0.5) is 0 Å². The molecule has 4 heteroatoms. The molecule has 2 aromatic heterocycles. The zero-order valence-electron chi connectivity index (χ0n) is 15.9. The molecule has 0 bridgehead atoms. The highest BCUT2D eigenvalue weighted by atomic mass is 16.1. The fourth-order valence-corrected chi connectivity index (χ4v) is 3.41. The minimum absolute atomic E-state index is 0.0545. The third-order valence-electron chi connectivity index (χ3n) is 5.02. The van der Waals surface area contributed by atoms with Crippen LogP contribution < -0.4 is 5.32 Å². The Morgan fingerprint density at radius 1 is 1.04 bits per heavy atom. The highest BCUT2D eigenvalue weighted by molar-refractivity contribution is 5.95. The van der Waals surface area contributed by atoms with Gasteiger partial charge >= 0.3 is 0 Å². The van der Waals surface area contributed by atoms with Crippen LogP contribution in [0.5, 0.6) is 0 Å². The number of amides is 1. The summed E-state index contributed by atoms with van der Waals surface area (Å²) in [5.41, 5.74) is 6.27. The van der Waals surface area contributed by atoms with Crippen molar-refractivity contribution in [3.05, 3.63) is 89.9 Å². The third-order valence-corrected chi connectivity index (χ3v) is 5.02. The number of aryl methyl sites for hydroxylation is 2. The molecule has 28 heavy (non-hydrogen) atoms. The third kappa shape index (κ3) is 3.96. The number of pyridine rings is 1. The van der Waals surface area contributed by atoms with E-state index < -0.39 is 0 Å². The molecule has 4 nitrogen and oxygen atoms in total. The topological polar surface area (TPSA) is 57.8 Å². The van der Waals surface area contributed by atoms with E-state index in [1.165, 1.54) is 22.1 Å². The summed E-state index contributed by atoms with van der Waals surface area (Å²) in [5.74, 6) is -0.0545. The summed E-state index contributed by atoms with van der Waals surface area (Å²) < 4.78 is 0. The van der Waals surface area contributed by atoms with Crippen LogP contribution in [0.2, 0.25) is 0 Å². The molecule has 2 N–H and O–H groups in total. The minimum Gasteiger partial charge on any atom is -0.361 e. The van der Waals surface area contributed by atoms with E-state index in [-0.39, 0.29) is 5.91 Å². The standard InChI is InChI=1S/C24H23N3O/c1-17-22(5-3-13-25-17)24(28)27-14-2-4-18-6-8-19(9-7-18)20-10-11-23-21(16-20)12-15-26-23/h3,5-13,15-16,26H,2,4,14H2,1H3,(H,27,28). The van der Waals surface area contributed by atoms with E-state index in [1.807, 2.05) is 13.1 Å². The average Bonchev–Trinajstić information content (AvgIpc) is 3.20. The van der Waals surface area contributed by atoms with Gasteiger partial charge in [0.1, 0.15) is 0 Å². The van der Waals surface area contributed by atoms with E-state index in [9.17, 15) is 4.79 Å². The van der Waals surface area contributed by atoms with Crippen molar-refractivity contribution in [2.24, 2.45) is 0 Å². The van der Waals surface area contributed by atoms with Crippen LogP contribution in [0.1, 0.15) is 28.0 Å². The number of aromatic nitrogens is 2. The number of nitrogens with zero attached hydrogens (tertiary/aromatic N) is 1. The molecule has 0 unspecified atom stereocenters. The summed E-state index contributed by atoms with van der Waals surface area (Å²) >= 11 is 0. The Morgan fingerprint density at radius 2 is 1.86 bits per heavy atom. The molecular formula is C24H23N3O. The van der Waals surface area contributed by atoms with E-state index in [1.54, 1.807) is 18.3 Å². The monoisotopic (exact) mass is 369 g/mol. The smallest absolute Gasteiger partial charge is 0.253 e. The molecule has 0 fully saturated rings. The van der Waals surface area contributed by atoms with Crippen molar-refractivity contribution in [1.29, 1.82) is 0 Å². The lowest BCUT2D eigenvalue weighted by Gasteiger charge is -2.08. The molecule has 1 amide bonds. The van der Waals surface area contributed by atoms with Gasteiger partial charge in [-0.3, -0.25) is 9.78 Å². The predicted molar refractivity (Wildman–Crippen MR) is 113 cm³/mol. The van der Waals surface area contributed by atoms with E-state index in [0.717, 1.165) is 24.1 Å². The number of benzene rings is 2. The molecule has 4 rings (SSSR count). The minimum atomic E-state index is -0.0545. The average molecular weight is 369 g/mol. The summed E-state index contributed by atoms with van der Waals surface area (Å²) in [6.07, 6.45) is 5.50. The van der Waals surface area contributed by atoms with Gasteiger partial charge in [0.05, 0.1) is 5.56 Å². The maximum atomic E-state index is 12.2. The molecule has 0 atom stereocenters. The highest BCUT2D eigenvalue weighted by Crippen LogP contribution is 2.24. The van der Waals surface area contributed by atoms with Crippen LogP contribution in [0.3, 0.4) is 0 Å². The lowest BCUT2D eigenvalue weighted by molar-refractivity contribution is 0.0952. The first-order valence-corrected chi connectivity index (χ1v) is 9.57. The maximum Gasteiger partial charge on any atom is 0.253 e. The summed E-state index contributed by atoms with van der Waals surface area (Å²) in [6, 6.07) is 20.8. The molecular weight excluding hydrogens is 346 g/mol. The number of aromatic amines is 1. The fraction of sp³-hybridized carbons (Fsp3) is 0.167. The van der Waals surface area contributed by atoms with Gasteiger partial charge in [0.25, 0.3) is 5.91 Å². The number of H-pyrrole nitrogens is 1. The van der Waals surface area contributed by atoms with Gasteiger partial charge in [-0.2, -0.15) is 0 Å². The van der Waals surface area contributed by atoms with Gasteiger partial charge in [-0.05, 0) is 72.2 Å². The molecule has 140 valence electrons. The second-order valence-corrected chi connectivity index (χ2v) is 6.97. The molecule has 0 aliphatic heterocycles. The number of hydrogen-bond donors (Lipinski definition) is 2. The van der Waals surface area contributed by atoms with Crippen molar-refractivity contribution in [2.75, 3.05) is 6.54 Å². The van der Waals surface area contributed by atoms with E-state index >= 15 is 0 Å². The number of carbonyl (C=O) groups is 1. The van der Waals surface area contributed by atoms with Gasteiger partial charge in [0.15, 0.2) is 0 Å². The lowest BCUT2D eigenvalue weighted by Crippen LogP contribution is -2.25. The van der Waals surface area contributed by atoms with Gasteiger partial charge in [-0.1, -0.05) is 30.3 Å². The van der Waals surface area contributed by atoms with Crippen molar-refractivity contribution in [1.82, 2.24) is 15.3 Å². The molecule has 0 radical (unpaired) electrons. The number of hydrogen-bond acceptors (Lipinski definition) is 2. The molecule has 0 saturated carbocycles.